The normalized spacial score (nSPS) is 21.4. The minimum absolute atomic E-state index is 0.264. The van der Waals surface area contributed by atoms with Gasteiger partial charge in [0, 0.05) is 35.0 Å². The predicted molar refractivity (Wildman–Crippen MR) is 103 cm³/mol. The number of piperidine rings is 1. The molecular weight excluding hydrogens is 332 g/mol. The molecule has 0 bridgehead atoms. The van der Waals surface area contributed by atoms with Gasteiger partial charge in [-0.05, 0) is 68.6 Å². The fraction of sp³-hybridized carbons (Fsp3) is 0.500. The van der Waals surface area contributed by atoms with Gasteiger partial charge in [0.2, 0.25) is 0 Å². The summed E-state index contributed by atoms with van der Waals surface area (Å²) in [7, 11) is 0. The molecule has 25 heavy (non-hydrogen) atoms. The van der Waals surface area contributed by atoms with E-state index in [1.165, 1.54) is 22.6 Å². The summed E-state index contributed by atoms with van der Waals surface area (Å²) in [6.45, 7) is 7.87. The maximum absolute atomic E-state index is 10.5. The second-order valence-electron chi connectivity index (χ2n) is 7.19. The van der Waals surface area contributed by atoms with Crippen LogP contribution in [0.2, 0.25) is 0 Å². The van der Waals surface area contributed by atoms with Crippen molar-refractivity contribution < 1.29 is 9.84 Å². The average Bonchev–Trinajstić information content (AvgIpc) is 2.93. The largest absolute Gasteiger partial charge is 0.504 e. The zero-order valence-electron chi connectivity index (χ0n) is 14.8. The molecule has 2 aliphatic heterocycles. The van der Waals surface area contributed by atoms with Crippen LogP contribution in [0.1, 0.15) is 23.3 Å². The number of aryl methyl sites for hydroxylation is 1. The molecule has 1 aromatic heterocycles. The van der Waals surface area contributed by atoms with E-state index in [0.29, 0.717) is 18.3 Å². The van der Waals surface area contributed by atoms with E-state index >= 15 is 0 Å². The summed E-state index contributed by atoms with van der Waals surface area (Å²) >= 11 is 1.76. The van der Waals surface area contributed by atoms with Crippen LogP contribution in [-0.2, 0) is 6.54 Å². The van der Waals surface area contributed by atoms with Crippen molar-refractivity contribution in [3.63, 3.8) is 0 Å². The molecule has 2 aromatic rings. The van der Waals surface area contributed by atoms with Gasteiger partial charge >= 0.3 is 0 Å². The average molecular weight is 359 g/mol. The highest BCUT2D eigenvalue weighted by Gasteiger charge is 2.23. The maximum Gasteiger partial charge on any atom is 0.165 e. The van der Waals surface area contributed by atoms with E-state index in [0.717, 1.165) is 43.9 Å². The van der Waals surface area contributed by atoms with E-state index in [9.17, 15) is 5.11 Å². The maximum atomic E-state index is 10.5. The number of fused-ring (bicyclic) bond motifs is 1. The molecule has 1 aromatic carbocycles. The van der Waals surface area contributed by atoms with Crippen molar-refractivity contribution in [2.75, 3.05) is 32.8 Å². The number of ether oxygens (including phenoxy) is 1. The van der Waals surface area contributed by atoms with Crippen molar-refractivity contribution in [3.05, 3.63) is 34.7 Å². The number of thiophene rings is 1. The van der Waals surface area contributed by atoms with Gasteiger partial charge in [0.05, 0.1) is 0 Å². The Hall–Kier alpha value is -1.56. The molecule has 0 aliphatic carbocycles. The quantitative estimate of drug-likeness (QED) is 0.880. The monoisotopic (exact) mass is 358 g/mol. The third-order valence-electron chi connectivity index (χ3n) is 5.13. The third-order valence-corrected chi connectivity index (χ3v) is 6.18. The number of phenolic OH excluding ortho intramolecular Hbond substituents is 1. The molecule has 2 N–H and O–H groups in total. The second-order valence-corrected chi connectivity index (χ2v) is 8.48. The standard InChI is InChI=1S/C20H26N2O2S/c1-14-4-5-19(25-14)16-9-17-13-22(12-15-3-2-6-21-11-15)7-8-24-20(17)18(23)10-16/h4-5,9-10,15,21,23H,2-3,6-8,11-13H2,1H3/t15-/m0/s1. The van der Waals surface area contributed by atoms with Crippen LogP contribution in [0, 0.1) is 12.8 Å². The topological polar surface area (TPSA) is 44.7 Å². The first-order valence-electron chi connectivity index (χ1n) is 9.17. The van der Waals surface area contributed by atoms with Gasteiger partial charge in [-0.1, -0.05) is 0 Å². The zero-order chi connectivity index (χ0) is 17.2. The highest BCUT2D eigenvalue weighted by Crippen LogP contribution is 2.39. The molecule has 0 saturated carbocycles. The number of hydrogen-bond acceptors (Lipinski definition) is 5. The van der Waals surface area contributed by atoms with Crippen molar-refractivity contribution in [1.82, 2.24) is 10.2 Å². The lowest BCUT2D eigenvalue weighted by atomic mass is 9.98. The van der Waals surface area contributed by atoms with Crippen LogP contribution in [0.25, 0.3) is 10.4 Å². The van der Waals surface area contributed by atoms with E-state index in [1.54, 1.807) is 11.3 Å². The van der Waals surface area contributed by atoms with Crippen molar-refractivity contribution in [3.8, 4) is 21.9 Å². The lowest BCUT2D eigenvalue weighted by molar-refractivity contribution is 0.182. The van der Waals surface area contributed by atoms with E-state index in [2.05, 4.69) is 35.3 Å². The summed E-state index contributed by atoms with van der Waals surface area (Å²) in [6, 6.07) is 8.29. The molecule has 3 heterocycles. The Morgan fingerprint density at radius 2 is 2.28 bits per heavy atom. The van der Waals surface area contributed by atoms with Gasteiger partial charge in [-0.2, -0.15) is 0 Å². The lowest BCUT2D eigenvalue weighted by Crippen LogP contribution is -2.38. The Kier molecular flexibility index (Phi) is 4.97. The Morgan fingerprint density at radius 1 is 1.36 bits per heavy atom. The van der Waals surface area contributed by atoms with Crippen LogP contribution in [0.4, 0.5) is 0 Å². The van der Waals surface area contributed by atoms with Crippen LogP contribution in [0.3, 0.4) is 0 Å². The van der Waals surface area contributed by atoms with E-state index in [1.807, 2.05) is 6.07 Å². The molecule has 5 heteroatoms. The lowest BCUT2D eigenvalue weighted by Gasteiger charge is -2.29. The molecule has 0 unspecified atom stereocenters. The van der Waals surface area contributed by atoms with Crippen molar-refractivity contribution in [2.45, 2.75) is 26.3 Å². The molecule has 1 atom stereocenters. The number of nitrogens with one attached hydrogen (secondary N) is 1. The molecule has 0 radical (unpaired) electrons. The van der Waals surface area contributed by atoms with Gasteiger partial charge < -0.3 is 15.2 Å². The Morgan fingerprint density at radius 3 is 3.04 bits per heavy atom. The predicted octanol–water partition coefficient (Wildman–Crippen LogP) is 3.62. The van der Waals surface area contributed by atoms with Crippen LogP contribution in [0.5, 0.6) is 11.5 Å². The van der Waals surface area contributed by atoms with Gasteiger partial charge in [0.15, 0.2) is 11.5 Å². The Labute approximate surface area is 153 Å². The summed E-state index contributed by atoms with van der Waals surface area (Å²) in [6.07, 6.45) is 2.57. The van der Waals surface area contributed by atoms with E-state index < -0.39 is 0 Å². The van der Waals surface area contributed by atoms with Crippen LogP contribution in [-0.4, -0.2) is 42.8 Å². The molecule has 0 amide bonds. The van der Waals surface area contributed by atoms with E-state index in [4.69, 9.17) is 4.74 Å². The van der Waals surface area contributed by atoms with E-state index in [-0.39, 0.29) is 5.75 Å². The summed E-state index contributed by atoms with van der Waals surface area (Å²) in [4.78, 5) is 4.96. The summed E-state index contributed by atoms with van der Waals surface area (Å²) in [5.41, 5.74) is 2.18. The SMILES string of the molecule is Cc1ccc(-c2cc(O)c3c(c2)CN(C[C@H]2CCCNC2)CCO3)s1. The van der Waals surface area contributed by atoms with Crippen molar-refractivity contribution >= 4 is 11.3 Å². The number of rotatable bonds is 3. The van der Waals surface area contributed by atoms with Crippen molar-refractivity contribution in [2.24, 2.45) is 5.92 Å². The first-order chi connectivity index (χ1) is 12.2. The number of nitrogens with zero attached hydrogens (tertiary/aromatic N) is 1. The minimum atomic E-state index is 0.264. The number of hydrogen-bond donors (Lipinski definition) is 2. The van der Waals surface area contributed by atoms with Crippen LogP contribution in [0.15, 0.2) is 24.3 Å². The smallest absolute Gasteiger partial charge is 0.165 e. The first-order valence-corrected chi connectivity index (χ1v) is 9.99. The van der Waals surface area contributed by atoms with Gasteiger partial charge in [-0.15, -0.1) is 11.3 Å². The second kappa shape index (κ2) is 7.36. The highest BCUT2D eigenvalue weighted by molar-refractivity contribution is 7.15. The fourth-order valence-electron chi connectivity index (χ4n) is 3.89. The molecular formula is C20H26N2O2S. The van der Waals surface area contributed by atoms with Gasteiger partial charge in [0.25, 0.3) is 0 Å². The summed E-state index contributed by atoms with van der Waals surface area (Å²) < 4.78 is 5.89. The summed E-state index contributed by atoms with van der Waals surface area (Å²) in [5.74, 6) is 1.65. The fourth-order valence-corrected chi connectivity index (χ4v) is 4.74. The van der Waals surface area contributed by atoms with Gasteiger partial charge in [-0.3, -0.25) is 4.90 Å². The minimum Gasteiger partial charge on any atom is -0.504 e. The molecule has 1 fully saturated rings. The molecule has 0 spiro atoms. The molecule has 4 nitrogen and oxygen atoms in total. The van der Waals surface area contributed by atoms with Gasteiger partial charge in [0.1, 0.15) is 6.61 Å². The van der Waals surface area contributed by atoms with Crippen LogP contribution >= 0.6 is 11.3 Å². The molecule has 4 rings (SSSR count). The highest BCUT2D eigenvalue weighted by atomic mass is 32.1. The van der Waals surface area contributed by atoms with Gasteiger partial charge in [-0.25, -0.2) is 0 Å². The number of benzene rings is 1. The third kappa shape index (κ3) is 3.84. The first kappa shape index (κ1) is 16.9. The molecule has 2 aliphatic rings. The Balaban J connectivity index is 1.57. The van der Waals surface area contributed by atoms with Crippen molar-refractivity contribution in [1.29, 1.82) is 0 Å². The zero-order valence-corrected chi connectivity index (χ0v) is 15.6. The number of aromatic hydroxyl groups is 1. The molecule has 1 saturated heterocycles. The number of phenols is 1. The van der Waals surface area contributed by atoms with Crippen LogP contribution < -0.4 is 10.1 Å². The summed E-state index contributed by atoms with van der Waals surface area (Å²) in [5, 5.41) is 14.0. The Bertz CT molecular complexity index is 737. The molecule has 134 valence electrons.